The van der Waals surface area contributed by atoms with Crippen molar-refractivity contribution in [2.45, 2.75) is 13.5 Å². The summed E-state index contributed by atoms with van der Waals surface area (Å²) in [6, 6.07) is 15.5. The number of para-hydroxylation sites is 1. The van der Waals surface area contributed by atoms with Crippen LogP contribution in [0.2, 0.25) is 5.02 Å². The number of rotatable bonds is 6. The number of aryl methyl sites for hydroxylation is 1. The van der Waals surface area contributed by atoms with E-state index in [0.717, 1.165) is 28.4 Å². The first-order valence-corrected chi connectivity index (χ1v) is 8.25. The molecule has 1 aromatic heterocycles. The Morgan fingerprint density at radius 2 is 1.96 bits per heavy atom. The van der Waals surface area contributed by atoms with Crippen molar-refractivity contribution in [3.63, 3.8) is 0 Å². The highest BCUT2D eigenvalue weighted by atomic mass is 35.5. The van der Waals surface area contributed by atoms with Crippen molar-refractivity contribution < 1.29 is 4.74 Å². The summed E-state index contributed by atoms with van der Waals surface area (Å²) in [6.45, 7) is 2.57. The van der Waals surface area contributed by atoms with Gasteiger partial charge in [-0.15, -0.1) is 0 Å². The largest absolute Gasteiger partial charge is 0.496 e. The summed E-state index contributed by atoms with van der Waals surface area (Å²) < 4.78 is 5.36. The van der Waals surface area contributed by atoms with Crippen LogP contribution in [0.15, 0.2) is 54.7 Å². The summed E-state index contributed by atoms with van der Waals surface area (Å²) in [5.74, 6) is 2.07. The average Bonchev–Trinajstić information content (AvgIpc) is 2.63. The van der Waals surface area contributed by atoms with Crippen molar-refractivity contribution in [3.05, 3.63) is 70.9 Å². The van der Waals surface area contributed by atoms with Crippen molar-refractivity contribution in [2.24, 2.45) is 0 Å². The summed E-state index contributed by atoms with van der Waals surface area (Å²) in [5, 5.41) is 7.15. The Labute approximate surface area is 152 Å². The van der Waals surface area contributed by atoms with Gasteiger partial charge in [0, 0.05) is 29.0 Å². The summed E-state index contributed by atoms with van der Waals surface area (Å²) in [4.78, 5) is 8.72. The Kier molecular flexibility index (Phi) is 5.36. The lowest BCUT2D eigenvalue weighted by Gasteiger charge is -2.11. The fraction of sp³-hybridized carbons (Fsp3) is 0.158. The maximum Gasteiger partial charge on any atom is 0.229 e. The molecule has 0 aliphatic carbocycles. The number of methoxy groups -OCH3 is 1. The minimum Gasteiger partial charge on any atom is -0.496 e. The molecule has 128 valence electrons. The van der Waals surface area contributed by atoms with Gasteiger partial charge < -0.3 is 15.4 Å². The number of halogens is 1. The smallest absolute Gasteiger partial charge is 0.229 e. The van der Waals surface area contributed by atoms with E-state index >= 15 is 0 Å². The second-order valence-corrected chi connectivity index (χ2v) is 5.93. The molecule has 0 aliphatic rings. The molecule has 0 atom stereocenters. The van der Waals surface area contributed by atoms with E-state index in [1.807, 2.05) is 55.5 Å². The zero-order valence-electron chi connectivity index (χ0n) is 14.1. The number of ether oxygens (including phenoxy) is 1. The highest BCUT2D eigenvalue weighted by Gasteiger charge is 2.04. The van der Waals surface area contributed by atoms with Crippen LogP contribution in [0, 0.1) is 6.92 Å². The number of anilines is 3. The molecule has 0 aliphatic heterocycles. The lowest BCUT2D eigenvalue weighted by atomic mass is 10.2. The van der Waals surface area contributed by atoms with Crippen LogP contribution in [0.1, 0.15) is 11.1 Å². The Bertz CT molecular complexity index is 870. The Hall–Kier alpha value is -2.79. The van der Waals surface area contributed by atoms with Crippen LogP contribution in [-0.4, -0.2) is 17.1 Å². The summed E-state index contributed by atoms with van der Waals surface area (Å²) in [7, 11) is 1.66. The fourth-order valence-corrected chi connectivity index (χ4v) is 2.53. The van der Waals surface area contributed by atoms with Crippen molar-refractivity contribution in [3.8, 4) is 5.75 Å². The maximum absolute atomic E-state index is 6.15. The second kappa shape index (κ2) is 7.85. The minimum atomic E-state index is 0.505. The van der Waals surface area contributed by atoms with E-state index in [-0.39, 0.29) is 0 Å². The fourth-order valence-electron chi connectivity index (χ4n) is 2.35. The number of hydrogen-bond acceptors (Lipinski definition) is 5. The Morgan fingerprint density at radius 3 is 2.76 bits per heavy atom. The van der Waals surface area contributed by atoms with E-state index in [4.69, 9.17) is 16.3 Å². The summed E-state index contributed by atoms with van der Waals surface area (Å²) in [6.07, 6.45) is 1.70. The molecule has 0 fully saturated rings. The van der Waals surface area contributed by atoms with E-state index in [1.165, 1.54) is 0 Å². The molecular formula is C19H19ClN4O. The van der Waals surface area contributed by atoms with Gasteiger partial charge in [-0.1, -0.05) is 35.9 Å². The highest BCUT2D eigenvalue weighted by Crippen LogP contribution is 2.22. The number of benzene rings is 2. The third-order valence-corrected chi connectivity index (χ3v) is 4.14. The van der Waals surface area contributed by atoms with Crippen LogP contribution in [0.25, 0.3) is 0 Å². The van der Waals surface area contributed by atoms with Crippen molar-refractivity contribution in [2.75, 3.05) is 17.7 Å². The maximum atomic E-state index is 6.15. The van der Waals surface area contributed by atoms with E-state index in [2.05, 4.69) is 20.6 Å². The number of nitrogens with zero attached hydrogens (tertiary/aromatic N) is 2. The molecule has 0 bridgehead atoms. The van der Waals surface area contributed by atoms with Crippen LogP contribution < -0.4 is 15.4 Å². The molecule has 25 heavy (non-hydrogen) atoms. The second-order valence-electron chi connectivity index (χ2n) is 5.52. The number of hydrogen-bond donors (Lipinski definition) is 2. The predicted molar refractivity (Wildman–Crippen MR) is 102 cm³/mol. The first-order valence-electron chi connectivity index (χ1n) is 7.87. The molecule has 6 heteroatoms. The van der Waals surface area contributed by atoms with Gasteiger partial charge in [0.15, 0.2) is 0 Å². The van der Waals surface area contributed by atoms with Gasteiger partial charge in [-0.3, -0.25) is 0 Å². The number of nitrogens with one attached hydrogen (secondary N) is 2. The molecule has 3 aromatic rings. The van der Waals surface area contributed by atoms with Gasteiger partial charge in [0.1, 0.15) is 11.6 Å². The van der Waals surface area contributed by atoms with E-state index in [9.17, 15) is 0 Å². The molecule has 5 nitrogen and oxygen atoms in total. The van der Waals surface area contributed by atoms with E-state index in [1.54, 1.807) is 13.3 Å². The van der Waals surface area contributed by atoms with Gasteiger partial charge in [-0.25, -0.2) is 4.98 Å². The molecule has 0 saturated heterocycles. The van der Waals surface area contributed by atoms with Crippen molar-refractivity contribution in [1.29, 1.82) is 0 Å². The monoisotopic (exact) mass is 354 g/mol. The van der Waals surface area contributed by atoms with Crippen LogP contribution in [0.5, 0.6) is 5.75 Å². The van der Waals surface area contributed by atoms with E-state index < -0.39 is 0 Å². The molecule has 0 radical (unpaired) electrons. The van der Waals surface area contributed by atoms with Crippen LogP contribution >= 0.6 is 11.6 Å². The molecule has 1 heterocycles. The van der Waals surface area contributed by atoms with Gasteiger partial charge in [-0.05, 0) is 36.8 Å². The van der Waals surface area contributed by atoms with Gasteiger partial charge in [0.2, 0.25) is 5.95 Å². The SMILES string of the molecule is COc1ccccc1CNc1ccnc(Nc2ccc(C)c(Cl)c2)n1. The molecule has 0 amide bonds. The lowest BCUT2D eigenvalue weighted by molar-refractivity contribution is 0.410. The average molecular weight is 355 g/mol. The quantitative estimate of drug-likeness (QED) is 0.665. The van der Waals surface area contributed by atoms with Crippen LogP contribution in [0.3, 0.4) is 0 Å². The third kappa shape index (κ3) is 4.39. The first kappa shape index (κ1) is 17.0. The molecule has 0 spiro atoms. The lowest BCUT2D eigenvalue weighted by Crippen LogP contribution is -2.05. The predicted octanol–water partition coefficient (Wildman–Crippen LogP) is 4.80. The minimum absolute atomic E-state index is 0.505. The first-order chi connectivity index (χ1) is 12.2. The Balaban J connectivity index is 1.70. The van der Waals surface area contributed by atoms with Crippen molar-refractivity contribution in [1.82, 2.24) is 9.97 Å². The molecule has 0 saturated carbocycles. The summed E-state index contributed by atoms with van der Waals surface area (Å²) >= 11 is 6.15. The van der Waals surface area contributed by atoms with Gasteiger partial charge in [0.25, 0.3) is 0 Å². The standard InChI is InChI=1S/C19H19ClN4O/c1-13-7-8-15(11-16(13)20)23-19-21-10-9-18(24-19)22-12-14-5-3-4-6-17(14)25-2/h3-11H,12H2,1-2H3,(H2,21,22,23,24). The Morgan fingerprint density at radius 1 is 1.12 bits per heavy atom. The van der Waals surface area contributed by atoms with E-state index in [0.29, 0.717) is 17.5 Å². The van der Waals surface area contributed by atoms with Gasteiger partial charge in [0.05, 0.1) is 7.11 Å². The van der Waals surface area contributed by atoms with Gasteiger partial charge in [-0.2, -0.15) is 4.98 Å². The summed E-state index contributed by atoms with van der Waals surface area (Å²) in [5.41, 5.74) is 2.93. The zero-order valence-corrected chi connectivity index (χ0v) is 14.8. The molecule has 2 aromatic carbocycles. The number of aromatic nitrogens is 2. The topological polar surface area (TPSA) is 59.1 Å². The zero-order chi connectivity index (χ0) is 17.6. The molecule has 0 unspecified atom stereocenters. The normalized spacial score (nSPS) is 10.4. The molecule has 3 rings (SSSR count). The third-order valence-electron chi connectivity index (χ3n) is 3.74. The van der Waals surface area contributed by atoms with Gasteiger partial charge >= 0.3 is 0 Å². The van der Waals surface area contributed by atoms with Crippen molar-refractivity contribution >= 4 is 29.1 Å². The van der Waals surface area contributed by atoms with Crippen LogP contribution in [-0.2, 0) is 6.54 Å². The molecule has 2 N–H and O–H groups in total. The van der Waals surface area contributed by atoms with Crippen LogP contribution in [0.4, 0.5) is 17.5 Å². The highest BCUT2D eigenvalue weighted by molar-refractivity contribution is 6.31. The molecular weight excluding hydrogens is 336 g/mol.